The van der Waals surface area contributed by atoms with Crippen LogP contribution < -0.4 is 0 Å². The summed E-state index contributed by atoms with van der Waals surface area (Å²) >= 11 is 0. The minimum Gasteiger partial charge on any atom is -0.465 e. The van der Waals surface area contributed by atoms with Crippen LogP contribution in [0.25, 0.3) is 0 Å². The zero-order valence-corrected chi connectivity index (χ0v) is 13.5. The third kappa shape index (κ3) is 3.75. The molecule has 0 bridgehead atoms. The lowest BCUT2D eigenvalue weighted by atomic mass is 9.71. The molecule has 0 fully saturated rings. The standard InChI is InChI=1S/C18H24O4/c1-5-14(4)18(16(19)21-6-2,17(20)22-7-3)13-15-11-9-8-10-12-15/h5,8-12,14H,1,6-7,13H2,2-4H3. The fourth-order valence-corrected chi connectivity index (χ4v) is 2.40. The first-order valence-corrected chi connectivity index (χ1v) is 7.53. The molecule has 0 aliphatic rings. The Morgan fingerprint density at radius 2 is 1.64 bits per heavy atom. The second-order valence-corrected chi connectivity index (χ2v) is 5.10. The molecule has 0 saturated heterocycles. The average Bonchev–Trinajstić information content (AvgIpc) is 2.53. The highest BCUT2D eigenvalue weighted by molar-refractivity contribution is 6.01. The molecule has 0 saturated carbocycles. The lowest BCUT2D eigenvalue weighted by Crippen LogP contribution is -2.48. The van der Waals surface area contributed by atoms with E-state index in [9.17, 15) is 9.59 Å². The van der Waals surface area contributed by atoms with Crippen LogP contribution in [0.1, 0.15) is 26.3 Å². The Kier molecular flexibility index (Phi) is 6.83. The summed E-state index contributed by atoms with van der Waals surface area (Å²) in [6, 6.07) is 9.38. The van der Waals surface area contributed by atoms with Crippen LogP contribution in [0, 0.1) is 11.3 Å². The van der Waals surface area contributed by atoms with Crippen molar-refractivity contribution in [3.8, 4) is 0 Å². The highest BCUT2D eigenvalue weighted by atomic mass is 16.6. The van der Waals surface area contributed by atoms with Gasteiger partial charge in [0.25, 0.3) is 0 Å². The van der Waals surface area contributed by atoms with Gasteiger partial charge in [-0.1, -0.05) is 43.3 Å². The topological polar surface area (TPSA) is 52.6 Å². The Bertz CT molecular complexity index is 489. The Labute approximate surface area is 132 Å². The van der Waals surface area contributed by atoms with Crippen LogP contribution in [0.2, 0.25) is 0 Å². The van der Waals surface area contributed by atoms with Gasteiger partial charge in [-0.3, -0.25) is 9.59 Å². The van der Waals surface area contributed by atoms with Gasteiger partial charge in [-0.25, -0.2) is 0 Å². The fourth-order valence-electron chi connectivity index (χ4n) is 2.40. The van der Waals surface area contributed by atoms with Crippen LogP contribution in [0.15, 0.2) is 43.0 Å². The average molecular weight is 304 g/mol. The number of rotatable bonds is 8. The third-order valence-electron chi connectivity index (χ3n) is 3.74. The largest absolute Gasteiger partial charge is 0.465 e. The molecule has 1 unspecified atom stereocenters. The van der Waals surface area contributed by atoms with Gasteiger partial charge in [0.2, 0.25) is 0 Å². The van der Waals surface area contributed by atoms with Crippen molar-refractivity contribution >= 4 is 11.9 Å². The maximum absolute atomic E-state index is 12.6. The summed E-state index contributed by atoms with van der Waals surface area (Å²) in [5.74, 6) is -1.54. The zero-order valence-electron chi connectivity index (χ0n) is 13.5. The molecule has 0 N–H and O–H groups in total. The Morgan fingerprint density at radius 1 is 1.14 bits per heavy atom. The summed E-state index contributed by atoms with van der Waals surface area (Å²) in [5, 5.41) is 0. The smallest absolute Gasteiger partial charge is 0.324 e. The number of esters is 2. The fraction of sp³-hybridized carbons (Fsp3) is 0.444. The molecule has 1 aromatic carbocycles. The van der Waals surface area contributed by atoms with Crippen LogP contribution >= 0.6 is 0 Å². The van der Waals surface area contributed by atoms with E-state index >= 15 is 0 Å². The van der Waals surface area contributed by atoms with Crippen LogP contribution in [-0.2, 0) is 25.5 Å². The molecule has 1 aromatic rings. The minimum atomic E-state index is -1.41. The first kappa shape index (κ1) is 18.0. The number of hydrogen-bond acceptors (Lipinski definition) is 4. The van der Waals surface area contributed by atoms with Crippen molar-refractivity contribution in [3.05, 3.63) is 48.6 Å². The van der Waals surface area contributed by atoms with Crippen molar-refractivity contribution in [1.82, 2.24) is 0 Å². The van der Waals surface area contributed by atoms with Gasteiger partial charge in [-0.15, -0.1) is 6.58 Å². The number of ether oxygens (including phenoxy) is 2. The molecule has 22 heavy (non-hydrogen) atoms. The van der Waals surface area contributed by atoms with E-state index in [0.717, 1.165) is 5.56 Å². The molecular formula is C18H24O4. The van der Waals surface area contributed by atoms with E-state index in [4.69, 9.17) is 9.47 Å². The number of allylic oxidation sites excluding steroid dienone is 1. The van der Waals surface area contributed by atoms with E-state index in [1.54, 1.807) is 26.8 Å². The van der Waals surface area contributed by atoms with Gasteiger partial charge < -0.3 is 9.47 Å². The van der Waals surface area contributed by atoms with Gasteiger partial charge in [-0.2, -0.15) is 0 Å². The maximum atomic E-state index is 12.6. The van der Waals surface area contributed by atoms with Crippen LogP contribution in [0.3, 0.4) is 0 Å². The summed E-state index contributed by atoms with van der Waals surface area (Å²) in [6.45, 7) is 9.37. The molecule has 120 valence electrons. The molecule has 4 heteroatoms. The van der Waals surface area contributed by atoms with E-state index in [-0.39, 0.29) is 19.6 Å². The lowest BCUT2D eigenvalue weighted by Gasteiger charge is -2.33. The molecule has 0 amide bonds. The Morgan fingerprint density at radius 3 is 2.05 bits per heavy atom. The number of carbonyl (C=O) groups is 2. The second-order valence-electron chi connectivity index (χ2n) is 5.10. The molecule has 1 rings (SSSR count). The molecule has 1 atom stereocenters. The molecule has 0 heterocycles. The molecular weight excluding hydrogens is 280 g/mol. The van der Waals surface area contributed by atoms with Crippen molar-refractivity contribution in [3.63, 3.8) is 0 Å². The van der Waals surface area contributed by atoms with E-state index in [1.165, 1.54) is 0 Å². The van der Waals surface area contributed by atoms with Gasteiger partial charge in [-0.05, 0) is 25.8 Å². The summed E-state index contributed by atoms with van der Waals surface area (Å²) in [4.78, 5) is 25.2. The minimum absolute atomic E-state index is 0.207. The normalized spacial score (nSPS) is 12.3. The van der Waals surface area contributed by atoms with Crippen LogP contribution in [0.4, 0.5) is 0 Å². The Balaban J connectivity index is 3.33. The number of hydrogen-bond donors (Lipinski definition) is 0. The summed E-state index contributed by atoms with van der Waals surface area (Å²) in [7, 11) is 0. The SMILES string of the molecule is C=CC(C)C(Cc1ccccc1)(C(=O)OCC)C(=O)OCC. The van der Waals surface area contributed by atoms with E-state index in [1.807, 2.05) is 30.3 Å². The van der Waals surface area contributed by atoms with Gasteiger partial charge in [0, 0.05) is 5.92 Å². The molecule has 0 aliphatic carbocycles. The molecule has 4 nitrogen and oxygen atoms in total. The molecule has 0 spiro atoms. The van der Waals surface area contributed by atoms with Crippen molar-refractivity contribution in [1.29, 1.82) is 0 Å². The first-order chi connectivity index (χ1) is 10.5. The quantitative estimate of drug-likeness (QED) is 0.420. The lowest BCUT2D eigenvalue weighted by molar-refractivity contribution is -0.175. The summed E-state index contributed by atoms with van der Waals surface area (Å²) in [6.07, 6.45) is 1.81. The first-order valence-electron chi connectivity index (χ1n) is 7.53. The second kappa shape index (κ2) is 8.37. The van der Waals surface area contributed by atoms with E-state index < -0.39 is 23.3 Å². The molecule has 0 radical (unpaired) electrons. The molecule has 0 aromatic heterocycles. The van der Waals surface area contributed by atoms with E-state index in [2.05, 4.69) is 6.58 Å². The Hall–Kier alpha value is -2.10. The van der Waals surface area contributed by atoms with Crippen molar-refractivity contribution < 1.29 is 19.1 Å². The predicted molar refractivity (Wildman–Crippen MR) is 85.2 cm³/mol. The summed E-state index contributed by atoms with van der Waals surface area (Å²) < 4.78 is 10.4. The van der Waals surface area contributed by atoms with Gasteiger partial charge in [0.05, 0.1) is 13.2 Å². The van der Waals surface area contributed by atoms with E-state index in [0.29, 0.717) is 0 Å². The highest BCUT2D eigenvalue weighted by Gasteiger charge is 2.52. The highest BCUT2D eigenvalue weighted by Crippen LogP contribution is 2.36. The monoisotopic (exact) mass is 304 g/mol. The molecule has 0 aliphatic heterocycles. The number of carbonyl (C=O) groups excluding carboxylic acids is 2. The van der Waals surface area contributed by atoms with Crippen molar-refractivity contribution in [2.24, 2.45) is 11.3 Å². The van der Waals surface area contributed by atoms with Gasteiger partial charge >= 0.3 is 11.9 Å². The summed E-state index contributed by atoms with van der Waals surface area (Å²) in [5.41, 5.74) is -0.535. The van der Waals surface area contributed by atoms with Crippen LogP contribution in [-0.4, -0.2) is 25.2 Å². The van der Waals surface area contributed by atoms with Gasteiger partial charge in [0.1, 0.15) is 0 Å². The maximum Gasteiger partial charge on any atom is 0.324 e. The zero-order chi connectivity index (χ0) is 16.6. The predicted octanol–water partition coefficient (Wildman–Crippen LogP) is 3.16. The van der Waals surface area contributed by atoms with Crippen molar-refractivity contribution in [2.45, 2.75) is 27.2 Å². The van der Waals surface area contributed by atoms with Gasteiger partial charge in [0.15, 0.2) is 5.41 Å². The number of benzene rings is 1. The van der Waals surface area contributed by atoms with Crippen molar-refractivity contribution in [2.75, 3.05) is 13.2 Å². The third-order valence-corrected chi connectivity index (χ3v) is 3.74. The van der Waals surface area contributed by atoms with Crippen LogP contribution in [0.5, 0.6) is 0 Å².